The van der Waals surface area contributed by atoms with Crippen LogP contribution in [-0.2, 0) is 9.53 Å². The Bertz CT molecular complexity index is 1100. The number of H-pyrrole nitrogens is 1. The smallest absolute Gasteiger partial charge is 0.228 e. The van der Waals surface area contributed by atoms with Crippen molar-refractivity contribution in [3.05, 3.63) is 35.5 Å². The van der Waals surface area contributed by atoms with Gasteiger partial charge in [0.1, 0.15) is 5.65 Å². The van der Waals surface area contributed by atoms with Crippen LogP contribution >= 0.6 is 11.6 Å². The monoisotopic (exact) mass is 430 g/mol. The van der Waals surface area contributed by atoms with Gasteiger partial charge < -0.3 is 19.9 Å². The molecular formula is C20H20ClFN6O2. The predicted molar refractivity (Wildman–Crippen MR) is 110 cm³/mol. The molecular weight excluding hydrogens is 411 g/mol. The Morgan fingerprint density at radius 3 is 3.07 bits per heavy atom. The van der Waals surface area contributed by atoms with E-state index in [0.29, 0.717) is 48.4 Å². The first-order chi connectivity index (χ1) is 14.6. The van der Waals surface area contributed by atoms with Gasteiger partial charge in [0.25, 0.3) is 0 Å². The maximum atomic E-state index is 14.4. The van der Waals surface area contributed by atoms with E-state index in [1.165, 1.54) is 0 Å². The van der Waals surface area contributed by atoms with Gasteiger partial charge in [-0.25, -0.2) is 19.3 Å². The van der Waals surface area contributed by atoms with E-state index < -0.39 is 5.82 Å². The van der Waals surface area contributed by atoms with Crippen molar-refractivity contribution >= 4 is 34.4 Å². The highest BCUT2D eigenvalue weighted by Gasteiger charge is 2.33. The van der Waals surface area contributed by atoms with E-state index in [1.807, 2.05) is 4.90 Å². The number of aromatic amines is 1. The Balaban J connectivity index is 1.34. The number of halogens is 2. The normalized spacial score (nSPS) is 21.5. The number of carbonyl (C=O) groups excluding carboxylic acids is 1. The number of pyridine rings is 1. The first-order valence-electron chi connectivity index (χ1n) is 9.87. The number of likely N-dealkylation sites (tertiary alicyclic amines) is 1. The SMILES string of the molecule is O=C([C@H]1CCOC1)N1CCC(Nc2nc(-c3c[nH]c4ncc(Cl)cc34)ncc2F)C1. The Morgan fingerprint density at radius 1 is 1.33 bits per heavy atom. The minimum absolute atomic E-state index is 0.0616. The number of aromatic nitrogens is 4. The average molecular weight is 431 g/mol. The molecule has 2 aliphatic rings. The van der Waals surface area contributed by atoms with Crippen LogP contribution in [0.25, 0.3) is 22.4 Å². The molecule has 2 atom stereocenters. The highest BCUT2D eigenvalue weighted by molar-refractivity contribution is 6.31. The van der Waals surface area contributed by atoms with Crippen molar-refractivity contribution in [2.75, 3.05) is 31.6 Å². The molecule has 0 radical (unpaired) electrons. The minimum atomic E-state index is -0.538. The van der Waals surface area contributed by atoms with Crippen LogP contribution in [0.1, 0.15) is 12.8 Å². The van der Waals surface area contributed by atoms with Gasteiger partial charge in [-0.05, 0) is 18.9 Å². The molecule has 5 heterocycles. The maximum Gasteiger partial charge on any atom is 0.228 e. The summed E-state index contributed by atoms with van der Waals surface area (Å²) in [5.41, 5.74) is 1.34. The van der Waals surface area contributed by atoms with E-state index in [2.05, 4.69) is 25.3 Å². The van der Waals surface area contributed by atoms with Crippen molar-refractivity contribution in [3.63, 3.8) is 0 Å². The summed E-state index contributed by atoms with van der Waals surface area (Å²) in [7, 11) is 0. The van der Waals surface area contributed by atoms with Gasteiger partial charge in [-0.3, -0.25) is 4.79 Å². The lowest BCUT2D eigenvalue weighted by atomic mass is 10.1. The third-order valence-electron chi connectivity index (χ3n) is 5.60. The van der Waals surface area contributed by atoms with Crippen molar-refractivity contribution < 1.29 is 13.9 Å². The Kier molecular flexibility index (Phi) is 5.00. The molecule has 5 rings (SSSR count). The van der Waals surface area contributed by atoms with Crippen molar-refractivity contribution in [1.29, 1.82) is 0 Å². The highest BCUT2D eigenvalue weighted by Crippen LogP contribution is 2.29. The van der Waals surface area contributed by atoms with Gasteiger partial charge >= 0.3 is 0 Å². The molecule has 10 heteroatoms. The first kappa shape index (κ1) is 19.2. The van der Waals surface area contributed by atoms with Crippen LogP contribution in [0.5, 0.6) is 0 Å². The molecule has 30 heavy (non-hydrogen) atoms. The summed E-state index contributed by atoms with van der Waals surface area (Å²) in [5.74, 6) is -0.00271. The summed E-state index contributed by atoms with van der Waals surface area (Å²) >= 11 is 6.06. The zero-order valence-corrected chi connectivity index (χ0v) is 16.8. The van der Waals surface area contributed by atoms with E-state index in [4.69, 9.17) is 16.3 Å². The standard InChI is InChI=1S/C20H20ClFN6O2/c21-12-5-14-15(7-24-17(14)23-6-12)18-25-8-16(22)19(27-18)26-13-1-3-28(9-13)20(29)11-2-4-30-10-11/h5-8,11,13H,1-4,9-10H2,(H,23,24)(H,25,26,27)/t11-,13?/m0/s1. The molecule has 0 spiro atoms. The van der Waals surface area contributed by atoms with Gasteiger partial charge in [0.15, 0.2) is 17.5 Å². The minimum Gasteiger partial charge on any atom is -0.381 e. The fourth-order valence-corrected chi connectivity index (χ4v) is 4.18. The third kappa shape index (κ3) is 3.59. The Labute approximate surface area is 176 Å². The van der Waals surface area contributed by atoms with Gasteiger partial charge in [0.05, 0.1) is 23.7 Å². The molecule has 2 saturated heterocycles. The van der Waals surface area contributed by atoms with Gasteiger partial charge in [0.2, 0.25) is 5.91 Å². The van der Waals surface area contributed by atoms with Crippen molar-refractivity contribution in [3.8, 4) is 11.4 Å². The molecule has 3 aromatic rings. The second kappa shape index (κ2) is 7.81. The molecule has 3 aromatic heterocycles. The molecule has 0 aliphatic carbocycles. The van der Waals surface area contributed by atoms with Gasteiger partial charge in [-0.2, -0.15) is 0 Å². The molecule has 2 fully saturated rings. The summed E-state index contributed by atoms with van der Waals surface area (Å²) in [6, 6.07) is 1.69. The van der Waals surface area contributed by atoms with E-state index in [1.54, 1.807) is 18.5 Å². The first-order valence-corrected chi connectivity index (χ1v) is 10.2. The van der Waals surface area contributed by atoms with E-state index in [9.17, 15) is 9.18 Å². The van der Waals surface area contributed by atoms with Gasteiger partial charge in [0, 0.05) is 49.1 Å². The Morgan fingerprint density at radius 2 is 2.23 bits per heavy atom. The van der Waals surface area contributed by atoms with Crippen molar-refractivity contribution in [2.24, 2.45) is 5.92 Å². The molecule has 0 aromatic carbocycles. The lowest BCUT2D eigenvalue weighted by molar-refractivity contribution is -0.134. The molecule has 0 saturated carbocycles. The molecule has 2 aliphatic heterocycles. The van der Waals surface area contributed by atoms with E-state index in [-0.39, 0.29) is 23.7 Å². The molecule has 1 amide bonds. The van der Waals surface area contributed by atoms with Crippen LogP contribution in [0, 0.1) is 11.7 Å². The number of hydrogen-bond acceptors (Lipinski definition) is 6. The summed E-state index contributed by atoms with van der Waals surface area (Å²) in [6.45, 7) is 2.27. The van der Waals surface area contributed by atoms with Crippen LogP contribution < -0.4 is 5.32 Å². The third-order valence-corrected chi connectivity index (χ3v) is 5.81. The zero-order valence-electron chi connectivity index (χ0n) is 16.1. The summed E-state index contributed by atoms with van der Waals surface area (Å²) < 4.78 is 19.7. The zero-order chi connectivity index (χ0) is 20.7. The second-order valence-electron chi connectivity index (χ2n) is 7.62. The van der Waals surface area contributed by atoms with Crippen LogP contribution in [0.2, 0.25) is 5.02 Å². The van der Waals surface area contributed by atoms with Crippen molar-refractivity contribution in [2.45, 2.75) is 18.9 Å². The van der Waals surface area contributed by atoms with E-state index in [0.717, 1.165) is 24.4 Å². The van der Waals surface area contributed by atoms with Crippen LogP contribution in [0.4, 0.5) is 10.2 Å². The topological polar surface area (TPSA) is 96.0 Å². The summed E-state index contributed by atoms with van der Waals surface area (Å²) in [4.78, 5) is 30.2. The highest BCUT2D eigenvalue weighted by atomic mass is 35.5. The number of nitrogens with one attached hydrogen (secondary N) is 2. The molecule has 156 valence electrons. The number of carbonyl (C=O) groups is 1. The molecule has 1 unspecified atom stereocenters. The van der Waals surface area contributed by atoms with E-state index >= 15 is 0 Å². The number of rotatable bonds is 4. The van der Waals surface area contributed by atoms with Crippen LogP contribution in [0.3, 0.4) is 0 Å². The molecule has 0 bridgehead atoms. The predicted octanol–water partition coefficient (Wildman–Crippen LogP) is 2.86. The molecule has 2 N–H and O–H groups in total. The maximum absolute atomic E-state index is 14.4. The largest absolute Gasteiger partial charge is 0.381 e. The summed E-state index contributed by atoms with van der Waals surface area (Å²) in [6.07, 6.45) is 5.92. The quantitative estimate of drug-likeness (QED) is 0.660. The Hall–Kier alpha value is -2.78. The molecule has 8 nitrogen and oxygen atoms in total. The van der Waals surface area contributed by atoms with Crippen LogP contribution in [-0.4, -0.2) is 63.1 Å². The lowest BCUT2D eigenvalue weighted by Crippen LogP contribution is -2.36. The number of anilines is 1. The summed E-state index contributed by atoms with van der Waals surface area (Å²) in [5, 5.41) is 4.40. The van der Waals surface area contributed by atoms with Crippen molar-refractivity contribution in [1.82, 2.24) is 24.8 Å². The number of fused-ring (bicyclic) bond motifs is 1. The second-order valence-corrected chi connectivity index (χ2v) is 8.05. The number of amides is 1. The fraction of sp³-hybridized carbons (Fsp3) is 0.400. The number of nitrogens with zero attached hydrogens (tertiary/aromatic N) is 4. The van der Waals surface area contributed by atoms with Gasteiger partial charge in [-0.15, -0.1) is 0 Å². The average Bonchev–Trinajstić information content (AvgIpc) is 3.50. The van der Waals surface area contributed by atoms with Crippen LogP contribution in [0.15, 0.2) is 24.7 Å². The van der Waals surface area contributed by atoms with Gasteiger partial charge in [-0.1, -0.05) is 11.6 Å². The lowest BCUT2D eigenvalue weighted by Gasteiger charge is -2.20. The number of hydrogen-bond donors (Lipinski definition) is 2. The number of ether oxygens (including phenoxy) is 1. The fourth-order valence-electron chi connectivity index (χ4n) is 4.02.